The average molecular weight is 219 g/mol. The Balaban J connectivity index is 2.73. The van der Waals surface area contributed by atoms with Crippen LogP contribution in [0.5, 0.6) is 0 Å². The van der Waals surface area contributed by atoms with Gasteiger partial charge >= 0.3 is 0 Å². The van der Waals surface area contributed by atoms with Gasteiger partial charge in [-0.3, -0.25) is 4.79 Å². The van der Waals surface area contributed by atoms with Crippen molar-refractivity contribution in [1.82, 2.24) is 5.32 Å². The maximum absolute atomic E-state index is 10.9. The topological polar surface area (TPSA) is 88.0 Å². The van der Waals surface area contributed by atoms with E-state index >= 15 is 0 Å². The van der Waals surface area contributed by atoms with Crippen molar-refractivity contribution < 1.29 is 24.5 Å². The minimum Gasteiger partial charge on any atom is -0.388 e. The van der Waals surface area contributed by atoms with E-state index in [1.54, 1.807) is 6.92 Å². The standard InChI is InChI=1S/C9H17NO5/c1-4-6(10-5(2)11)7(12)8(14-3)9(13)15-4/h4,6-9,12-13H,1-3H3,(H,10,11)/t4-,6+,7+,8-,9+/m0/s1. The third kappa shape index (κ3) is 2.66. The number of hydrogen-bond donors (Lipinski definition) is 3. The predicted molar refractivity (Wildman–Crippen MR) is 51.0 cm³/mol. The molecule has 3 N–H and O–H groups in total. The molecule has 0 aromatic heterocycles. The first kappa shape index (κ1) is 12.4. The molecule has 1 aliphatic heterocycles. The molecule has 5 atom stereocenters. The fourth-order valence-corrected chi connectivity index (χ4v) is 1.73. The third-order valence-electron chi connectivity index (χ3n) is 2.49. The molecule has 1 aliphatic rings. The van der Waals surface area contributed by atoms with Crippen molar-refractivity contribution in [2.45, 2.75) is 44.5 Å². The molecule has 1 heterocycles. The fourth-order valence-electron chi connectivity index (χ4n) is 1.73. The molecule has 88 valence electrons. The lowest BCUT2D eigenvalue weighted by Crippen LogP contribution is -2.62. The van der Waals surface area contributed by atoms with Gasteiger partial charge in [-0.25, -0.2) is 0 Å². The largest absolute Gasteiger partial charge is 0.388 e. The number of nitrogens with one attached hydrogen (secondary N) is 1. The van der Waals surface area contributed by atoms with E-state index in [4.69, 9.17) is 9.47 Å². The molecule has 6 heteroatoms. The number of aliphatic hydroxyl groups excluding tert-OH is 2. The minimum absolute atomic E-state index is 0.263. The van der Waals surface area contributed by atoms with E-state index in [2.05, 4.69) is 5.32 Å². The maximum atomic E-state index is 10.9. The van der Waals surface area contributed by atoms with Gasteiger partial charge in [0.15, 0.2) is 6.29 Å². The number of aliphatic hydroxyl groups is 2. The second kappa shape index (κ2) is 4.89. The summed E-state index contributed by atoms with van der Waals surface area (Å²) in [5, 5.41) is 21.8. The minimum atomic E-state index is -1.18. The van der Waals surface area contributed by atoms with E-state index in [0.717, 1.165) is 0 Å². The molecule has 0 spiro atoms. The van der Waals surface area contributed by atoms with Gasteiger partial charge in [-0.15, -0.1) is 0 Å². The molecule has 0 aliphatic carbocycles. The zero-order valence-electron chi connectivity index (χ0n) is 9.01. The molecule has 1 fully saturated rings. The summed E-state index contributed by atoms with van der Waals surface area (Å²) in [6, 6.07) is -0.573. The summed E-state index contributed by atoms with van der Waals surface area (Å²) in [7, 11) is 1.36. The van der Waals surface area contributed by atoms with Crippen molar-refractivity contribution in [3.63, 3.8) is 0 Å². The first-order chi connectivity index (χ1) is 6.97. The van der Waals surface area contributed by atoms with E-state index in [0.29, 0.717) is 0 Å². The molecular formula is C9H17NO5. The van der Waals surface area contributed by atoms with Crippen LogP contribution in [0.2, 0.25) is 0 Å². The molecular weight excluding hydrogens is 202 g/mol. The molecule has 0 saturated carbocycles. The van der Waals surface area contributed by atoms with Gasteiger partial charge in [0.05, 0.1) is 12.1 Å². The summed E-state index contributed by atoms with van der Waals surface area (Å²) in [6.07, 6.45) is -3.48. The molecule has 1 saturated heterocycles. The van der Waals surface area contributed by atoms with Gasteiger partial charge in [-0.05, 0) is 6.92 Å². The van der Waals surface area contributed by atoms with Gasteiger partial charge in [0.25, 0.3) is 0 Å². The van der Waals surface area contributed by atoms with E-state index in [9.17, 15) is 15.0 Å². The monoisotopic (exact) mass is 219 g/mol. The van der Waals surface area contributed by atoms with Gasteiger partial charge < -0.3 is 25.0 Å². The Morgan fingerprint density at radius 2 is 2.07 bits per heavy atom. The lowest BCUT2D eigenvalue weighted by molar-refractivity contribution is -0.259. The fraction of sp³-hybridized carbons (Fsp3) is 0.889. The number of amides is 1. The van der Waals surface area contributed by atoms with Crippen LogP contribution in [0.15, 0.2) is 0 Å². The molecule has 15 heavy (non-hydrogen) atoms. The van der Waals surface area contributed by atoms with Crippen LogP contribution >= 0.6 is 0 Å². The molecule has 1 rings (SSSR count). The lowest BCUT2D eigenvalue weighted by Gasteiger charge is -2.41. The van der Waals surface area contributed by atoms with Gasteiger partial charge in [-0.2, -0.15) is 0 Å². The zero-order valence-corrected chi connectivity index (χ0v) is 9.01. The third-order valence-corrected chi connectivity index (χ3v) is 2.49. The Morgan fingerprint density at radius 3 is 2.53 bits per heavy atom. The SMILES string of the molecule is CO[C@H]1[C@H](O)[C@H](NC(C)=O)[C@H](C)O[C@H]1O. The van der Waals surface area contributed by atoms with E-state index in [-0.39, 0.29) is 5.91 Å². The summed E-state index contributed by atoms with van der Waals surface area (Å²) >= 11 is 0. The van der Waals surface area contributed by atoms with Crippen LogP contribution in [0.3, 0.4) is 0 Å². The van der Waals surface area contributed by atoms with Crippen LogP contribution in [0.1, 0.15) is 13.8 Å². The first-order valence-corrected chi connectivity index (χ1v) is 4.79. The number of methoxy groups -OCH3 is 1. The molecule has 0 bridgehead atoms. The Kier molecular flexibility index (Phi) is 4.04. The summed E-state index contributed by atoms with van der Waals surface area (Å²) < 4.78 is 10.0. The summed E-state index contributed by atoms with van der Waals surface area (Å²) in [5.41, 5.74) is 0. The van der Waals surface area contributed by atoms with Crippen LogP contribution in [0, 0.1) is 0 Å². The maximum Gasteiger partial charge on any atom is 0.217 e. The predicted octanol–water partition coefficient (Wildman–Crippen LogP) is -1.40. The molecule has 1 amide bonds. The van der Waals surface area contributed by atoms with Crippen LogP contribution in [0.4, 0.5) is 0 Å². The van der Waals surface area contributed by atoms with Crippen molar-refractivity contribution in [2.24, 2.45) is 0 Å². The van der Waals surface area contributed by atoms with Crippen LogP contribution in [-0.4, -0.2) is 53.9 Å². The van der Waals surface area contributed by atoms with Crippen molar-refractivity contribution in [3.05, 3.63) is 0 Å². The molecule has 6 nitrogen and oxygen atoms in total. The van der Waals surface area contributed by atoms with Crippen LogP contribution < -0.4 is 5.32 Å². The van der Waals surface area contributed by atoms with Crippen LogP contribution in [-0.2, 0) is 14.3 Å². The van der Waals surface area contributed by atoms with Crippen molar-refractivity contribution in [2.75, 3.05) is 7.11 Å². The van der Waals surface area contributed by atoms with Crippen LogP contribution in [0.25, 0.3) is 0 Å². The van der Waals surface area contributed by atoms with Gasteiger partial charge in [-0.1, -0.05) is 0 Å². The molecule has 0 radical (unpaired) electrons. The molecule has 0 aromatic rings. The van der Waals surface area contributed by atoms with Gasteiger partial charge in [0.1, 0.15) is 12.2 Å². The highest BCUT2D eigenvalue weighted by Gasteiger charge is 2.43. The number of carbonyl (C=O) groups excluding carboxylic acids is 1. The molecule has 0 unspecified atom stereocenters. The highest BCUT2D eigenvalue weighted by Crippen LogP contribution is 2.21. The second-order valence-corrected chi connectivity index (χ2v) is 3.65. The summed E-state index contributed by atoms with van der Waals surface area (Å²) in [4.78, 5) is 10.9. The van der Waals surface area contributed by atoms with Gasteiger partial charge in [0.2, 0.25) is 5.91 Å². The van der Waals surface area contributed by atoms with Crippen molar-refractivity contribution in [3.8, 4) is 0 Å². The highest BCUT2D eigenvalue weighted by atomic mass is 16.6. The Hall–Kier alpha value is -0.690. The average Bonchev–Trinajstić information content (AvgIpc) is 2.12. The highest BCUT2D eigenvalue weighted by molar-refractivity contribution is 5.73. The van der Waals surface area contributed by atoms with Crippen molar-refractivity contribution in [1.29, 1.82) is 0 Å². The quantitative estimate of drug-likeness (QED) is 0.532. The number of hydrogen-bond acceptors (Lipinski definition) is 5. The van der Waals surface area contributed by atoms with Crippen molar-refractivity contribution >= 4 is 5.91 Å². The number of rotatable bonds is 2. The smallest absolute Gasteiger partial charge is 0.217 e. The lowest BCUT2D eigenvalue weighted by atomic mass is 9.97. The molecule has 0 aromatic carbocycles. The normalized spacial score (nSPS) is 41.3. The van der Waals surface area contributed by atoms with E-state index < -0.39 is 30.6 Å². The van der Waals surface area contributed by atoms with E-state index in [1.807, 2.05) is 0 Å². The number of ether oxygens (including phenoxy) is 2. The van der Waals surface area contributed by atoms with Gasteiger partial charge in [0, 0.05) is 14.0 Å². The number of carbonyl (C=O) groups is 1. The zero-order chi connectivity index (χ0) is 11.6. The Morgan fingerprint density at radius 1 is 1.47 bits per heavy atom. The first-order valence-electron chi connectivity index (χ1n) is 4.79. The second-order valence-electron chi connectivity index (χ2n) is 3.65. The Bertz CT molecular complexity index is 235. The summed E-state index contributed by atoms with van der Waals surface area (Å²) in [5.74, 6) is -0.263. The summed E-state index contributed by atoms with van der Waals surface area (Å²) in [6.45, 7) is 3.02. The Labute approximate surface area is 88.2 Å². The van der Waals surface area contributed by atoms with E-state index in [1.165, 1.54) is 14.0 Å².